The summed E-state index contributed by atoms with van der Waals surface area (Å²) in [6.45, 7) is 1.54. The molecule has 0 bridgehead atoms. The van der Waals surface area contributed by atoms with E-state index in [0.717, 1.165) is 0 Å². The molecule has 1 rings (SSSR count). The first-order chi connectivity index (χ1) is 6.08. The van der Waals surface area contributed by atoms with Crippen molar-refractivity contribution in [3.05, 3.63) is 35.9 Å². The van der Waals surface area contributed by atoms with Gasteiger partial charge in [-0.1, -0.05) is 37.3 Å². The summed E-state index contributed by atoms with van der Waals surface area (Å²) in [6.07, 6.45) is -0.0132. The lowest BCUT2D eigenvalue weighted by molar-refractivity contribution is -0.122. The van der Waals surface area contributed by atoms with E-state index in [4.69, 9.17) is 0 Å². The Morgan fingerprint density at radius 1 is 1.31 bits per heavy atom. The Bertz CT molecular complexity index is 290. The number of Topliss-reactive ketones (excluding diaryl/α,β-unsaturated/α-hetero) is 1. The lowest BCUT2D eigenvalue weighted by Gasteiger charge is -2.17. The topological polar surface area (TPSA) is 57.5 Å². The Kier molecular flexibility index (Phi) is 2.80. The summed E-state index contributed by atoms with van der Waals surface area (Å²) in [4.78, 5) is 11.4. The number of aliphatic hydroxyl groups is 2. The van der Waals surface area contributed by atoms with Crippen LogP contribution >= 0.6 is 0 Å². The Morgan fingerprint density at radius 2 is 1.85 bits per heavy atom. The second-order valence-corrected chi connectivity index (χ2v) is 2.87. The van der Waals surface area contributed by atoms with Gasteiger partial charge in [-0.25, -0.2) is 0 Å². The fourth-order valence-electron chi connectivity index (χ4n) is 0.981. The zero-order valence-electron chi connectivity index (χ0n) is 7.40. The number of ketones is 1. The molecule has 0 aliphatic heterocycles. The normalized spacial score (nSPS) is 11.3. The molecular formula is C10H12O3. The van der Waals surface area contributed by atoms with Crippen LogP contribution in [-0.4, -0.2) is 21.8 Å². The van der Waals surface area contributed by atoms with Crippen LogP contribution in [0.4, 0.5) is 0 Å². The Balaban J connectivity index is 2.93. The van der Waals surface area contributed by atoms with E-state index >= 15 is 0 Å². The first-order valence-corrected chi connectivity index (χ1v) is 4.12. The second-order valence-electron chi connectivity index (χ2n) is 2.87. The van der Waals surface area contributed by atoms with Crippen LogP contribution in [0, 0.1) is 0 Å². The SMILES string of the molecule is CCC(O)(O)C(=O)c1ccccc1. The van der Waals surface area contributed by atoms with Crippen molar-refractivity contribution in [3.8, 4) is 0 Å². The van der Waals surface area contributed by atoms with Gasteiger partial charge in [-0.3, -0.25) is 4.79 Å². The third-order valence-electron chi connectivity index (χ3n) is 1.89. The number of hydrogen-bond donors (Lipinski definition) is 2. The monoisotopic (exact) mass is 180 g/mol. The van der Waals surface area contributed by atoms with Gasteiger partial charge in [0.05, 0.1) is 0 Å². The molecule has 0 heterocycles. The minimum atomic E-state index is -2.23. The maximum Gasteiger partial charge on any atom is 0.228 e. The smallest absolute Gasteiger partial charge is 0.228 e. The standard InChI is InChI=1S/C10H12O3/c1-2-10(12,13)9(11)8-6-4-3-5-7-8/h3-7,12-13H,2H2,1H3. The minimum Gasteiger partial charge on any atom is -0.359 e. The van der Waals surface area contributed by atoms with Gasteiger partial charge in [-0.2, -0.15) is 0 Å². The van der Waals surface area contributed by atoms with Crippen molar-refractivity contribution >= 4 is 5.78 Å². The van der Waals surface area contributed by atoms with Gasteiger partial charge in [0.1, 0.15) is 0 Å². The molecule has 0 saturated heterocycles. The number of hydrogen-bond acceptors (Lipinski definition) is 3. The zero-order valence-corrected chi connectivity index (χ0v) is 7.40. The van der Waals surface area contributed by atoms with Gasteiger partial charge >= 0.3 is 0 Å². The summed E-state index contributed by atoms with van der Waals surface area (Å²) in [5, 5.41) is 18.5. The number of benzene rings is 1. The van der Waals surface area contributed by atoms with E-state index in [1.807, 2.05) is 0 Å². The van der Waals surface area contributed by atoms with Gasteiger partial charge in [0.25, 0.3) is 0 Å². The highest BCUT2D eigenvalue weighted by Gasteiger charge is 2.31. The molecule has 0 saturated carbocycles. The van der Waals surface area contributed by atoms with Crippen LogP contribution in [0.15, 0.2) is 30.3 Å². The first-order valence-electron chi connectivity index (χ1n) is 4.12. The van der Waals surface area contributed by atoms with E-state index in [1.54, 1.807) is 37.3 Å². The van der Waals surface area contributed by atoms with Crippen LogP contribution in [0.3, 0.4) is 0 Å². The number of rotatable bonds is 3. The first kappa shape index (κ1) is 9.89. The van der Waals surface area contributed by atoms with Crippen LogP contribution in [0.25, 0.3) is 0 Å². The molecule has 0 aromatic heterocycles. The largest absolute Gasteiger partial charge is 0.359 e. The molecule has 0 spiro atoms. The van der Waals surface area contributed by atoms with E-state index in [1.165, 1.54) is 0 Å². The van der Waals surface area contributed by atoms with E-state index < -0.39 is 11.6 Å². The number of carbonyl (C=O) groups is 1. The Hall–Kier alpha value is -1.19. The van der Waals surface area contributed by atoms with E-state index in [2.05, 4.69) is 0 Å². The molecule has 0 aliphatic rings. The van der Waals surface area contributed by atoms with Gasteiger partial charge in [-0.05, 0) is 0 Å². The van der Waals surface area contributed by atoms with Gasteiger partial charge in [-0.15, -0.1) is 0 Å². The van der Waals surface area contributed by atoms with Crippen LogP contribution in [-0.2, 0) is 0 Å². The van der Waals surface area contributed by atoms with E-state index in [9.17, 15) is 15.0 Å². The van der Waals surface area contributed by atoms with Gasteiger partial charge in [0.15, 0.2) is 0 Å². The fourth-order valence-corrected chi connectivity index (χ4v) is 0.981. The van der Waals surface area contributed by atoms with Crippen LogP contribution in [0.1, 0.15) is 23.7 Å². The molecule has 3 nitrogen and oxygen atoms in total. The van der Waals surface area contributed by atoms with Crippen molar-refractivity contribution in [3.63, 3.8) is 0 Å². The third-order valence-corrected chi connectivity index (χ3v) is 1.89. The van der Waals surface area contributed by atoms with Gasteiger partial charge < -0.3 is 10.2 Å². The van der Waals surface area contributed by atoms with E-state index in [0.29, 0.717) is 5.56 Å². The maximum atomic E-state index is 11.4. The van der Waals surface area contributed by atoms with Crippen LogP contribution in [0.5, 0.6) is 0 Å². The lowest BCUT2D eigenvalue weighted by atomic mass is 10.0. The average molecular weight is 180 g/mol. The zero-order chi connectivity index (χ0) is 9.90. The van der Waals surface area contributed by atoms with Crippen molar-refractivity contribution in [1.82, 2.24) is 0 Å². The molecule has 2 N–H and O–H groups in total. The molecule has 0 aliphatic carbocycles. The predicted molar refractivity (Wildman–Crippen MR) is 48.2 cm³/mol. The summed E-state index contributed by atoms with van der Waals surface area (Å²) in [5.41, 5.74) is 0.314. The predicted octanol–water partition coefficient (Wildman–Crippen LogP) is 0.960. The second kappa shape index (κ2) is 3.68. The Morgan fingerprint density at radius 3 is 2.31 bits per heavy atom. The highest BCUT2D eigenvalue weighted by Crippen LogP contribution is 2.13. The molecule has 13 heavy (non-hydrogen) atoms. The Labute approximate surface area is 76.6 Å². The molecule has 3 heteroatoms. The molecular weight excluding hydrogens is 168 g/mol. The minimum absolute atomic E-state index is 0.0132. The summed E-state index contributed by atoms with van der Waals surface area (Å²) < 4.78 is 0. The molecule has 0 fully saturated rings. The molecule has 0 radical (unpaired) electrons. The van der Waals surface area contributed by atoms with Crippen molar-refractivity contribution in [2.45, 2.75) is 19.1 Å². The molecule has 1 aromatic carbocycles. The summed E-state index contributed by atoms with van der Waals surface area (Å²) in [7, 11) is 0. The molecule has 1 aromatic rings. The lowest BCUT2D eigenvalue weighted by Crippen LogP contribution is -2.37. The highest BCUT2D eigenvalue weighted by atomic mass is 16.5. The van der Waals surface area contributed by atoms with Crippen molar-refractivity contribution in [1.29, 1.82) is 0 Å². The fraction of sp³-hybridized carbons (Fsp3) is 0.300. The highest BCUT2D eigenvalue weighted by molar-refractivity contribution is 6.00. The number of carbonyl (C=O) groups excluding carboxylic acids is 1. The van der Waals surface area contributed by atoms with E-state index in [-0.39, 0.29) is 6.42 Å². The summed E-state index contributed by atoms with van der Waals surface area (Å²) >= 11 is 0. The molecule has 0 unspecified atom stereocenters. The third kappa shape index (κ3) is 2.14. The summed E-state index contributed by atoms with van der Waals surface area (Å²) in [6, 6.07) is 8.23. The average Bonchev–Trinajstić information content (AvgIpc) is 2.18. The van der Waals surface area contributed by atoms with Crippen molar-refractivity contribution in [2.75, 3.05) is 0 Å². The van der Waals surface area contributed by atoms with Crippen LogP contribution in [0.2, 0.25) is 0 Å². The van der Waals surface area contributed by atoms with Crippen LogP contribution < -0.4 is 0 Å². The summed E-state index contributed by atoms with van der Waals surface area (Å²) in [5.74, 6) is -2.89. The van der Waals surface area contributed by atoms with Gasteiger partial charge in [0.2, 0.25) is 11.6 Å². The van der Waals surface area contributed by atoms with Crippen molar-refractivity contribution < 1.29 is 15.0 Å². The molecule has 70 valence electrons. The van der Waals surface area contributed by atoms with Crippen molar-refractivity contribution in [2.24, 2.45) is 0 Å². The molecule has 0 amide bonds. The quantitative estimate of drug-likeness (QED) is 0.538. The van der Waals surface area contributed by atoms with Gasteiger partial charge in [0, 0.05) is 12.0 Å². The molecule has 0 atom stereocenters. The maximum absolute atomic E-state index is 11.4.